The quantitative estimate of drug-likeness (QED) is 0.282. The maximum absolute atomic E-state index is 5.85. The molecule has 2 fully saturated rings. The minimum atomic E-state index is 0.702. The summed E-state index contributed by atoms with van der Waals surface area (Å²) in [6.07, 6.45) is 4.71. The van der Waals surface area contributed by atoms with Crippen LogP contribution < -0.4 is 0 Å². The minimum Gasteiger partial charge on any atom is -0.381 e. The molecule has 214 valence electrons. The van der Waals surface area contributed by atoms with E-state index in [1.54, 1.807) is 0 Å². The first-order valence-electron chi connectivity index (χ1n) is 14.5. The normalized spacial score (nSPS) is 18.5. The van der Waals surface area contributed by atoms with Gasteiger partial charge in [0.15, 0.2) is 0 Å². The van der Waals surface area contributed by atoms with Crippen molar-refractivity contribution in [3.8, 4) is 0 Å². The third-order valence-corrected chi connectivity index (χ3v) is 7.56. The van der Waals surface area contributed by atoms with E-state index in [0.29, 0.717) is 6.61 Å². The van der Waals surface area contributed by atoms with Gasteiger partial charge in [-0.15, -0.1) is 0 Å². The number of nitrogens with zero attached hydrogens (tertiary/aromatic N) is 6. The third-order valence-electron chi connectivity index (χ3n) is 7.56. The van der Waals surface area contributed by atoms with Crippen molar-refractivity contribution < 1.29 is 18.5 Å². The number of piperazine rings is 2. The van der Waals surface area contributed by atoms with Crippen molar-refractivity contribution in [2.75, 3.05) is 105 Å². The first-order chi connectivity index (χ1) is 18.6. The lowest BCUT2D eigenvalue weighted by atomic mass is 10.2. The van der Waals surface area contributed by atoms with E-state index in [9.17, 15) is 0 Å². The van der Waals surface area contributed by atoms with Crippen molar-refractivity contribution in [3.63, 3.8) is 0 Å². The number of hydrogen-bond donors (Lipinski definition) is 0. The van der Waals surface area contributed by atoms with Crippen molar-refractivity contribution in [1.82, 2.24) is 29.9 Å². The van der Waals surface area contributed by atoms with Gasteiger partial charge in [-0.05, 0) is 33.2 Å². The first kappa shape index (κ1) is 29.2. The number of likely N-dealkylation sites (N-methyl/N-ethyl adjacent to an activating group) is 1. The predicted molar refractivity (Wildman–Crippen MR) is 147 cm³/mol. The molecule has 10 nitrogen and oxygen atoms in total. The average molecular weight is 533 g/mol. The Morgan fingerprint density at radius 1 is 0.658 bits per heavy atom. The molecule has 2 aliphatic heterocycles. The highest BCUT2D eigenvalue weighted by atomic mass is 16.5. The number of ether oxygens (including phenoxy) is 2. The Bertz CT molecular complexity index is 890. The van der Waals surface area contributed by atoms with Crippen molar-refractivity contribution in [1.29, 1.82) is 0 Å². The molecule has 2 saturated heterocycles. The van der Waals surface area contributed by atoms with Crippen LogP contribution in [0.25, 0.3) is 0 Å². The maximum atomic E-state index is 5.85. The molecule has 0 radical (unpaired) electrons. The Balaban J connectivity index is 0.965. The summed E-state index contributed by atoms with van der Waals surface area (Å²) < 4.78 is 22.3. The number of aromatic nitrogens is 2. The molecule has 38 heavy (non-hydrogen) atoms. The predicted octanol–water partition coefficient (Wildman–Crippen LogP) is 1.98. The summed E-state index contributed by atoms with van der Waals surface area (Å²) in [6, 6.07) is 4.10. The monoisotopic (exact) mass is 532 g/mol. The maximum Gasteiger partial charge on any atom is 0.138 e. The summed E-state index contributed by atoms with van der Waals surface area (Å²) in [4.78, 5) is 9.95. The molecule has 0 aromatic carbocycles. The van der Waals surface area contributed by atoms with E-state index in [4.69, 9.17) is 18.5 Å². The lowest BCUT2D eigenvalue weighted by Crippen LogP contribution is -2.47. The summed E-state index contributed by atoms with van der Waals surface area (Å²) in [5.41, 5.74) is 2.02. The molecule has 10 heteroatoms. The summed E-state index contributed by atoms with van der Waals surface area (Å²) in [7, 11) is 2.19. The van der Waals surface area contributed by atoms with Gasteiger partial charge in [-0.3, -0.25) is 4.90 Å². The van der Waals surface area contributed by atoms with Crippen LogP contribution in [0.1, 0.15) is 35.7 Å². The second kappa shape index (κ2) is 16.3. The fraction of sp³-hybridized carbons (Fsp3) is 0.786. The van der Waals surface area contributed by atoms with Crippen molar-refractivity contribution in [3.05, 3.63) is 35.0 Å². The van der Waals surface area contributed by atoms with Gasteiger partial charge in [-0.1, -0.05) is 10.3 Å². The van der Waals surface area contributed by atoms with Crippen molar-refractivity contribution in [2.24, 2.45) is 0 Å². The topological polar surface area (TPSA) is 83.5 Å². The van der Waals surface area contributed by atoms with Gasteiger partial charge in [0.2, 0.25) is 0 Å². The summed E-state index contributed by atoms with van der Waals surface area (Å²) >= 11 is 0. The molecule has 0 saturated carbocycles. The van der Waals surface area contributed by atoms with Crippen molar-refractivity contribution in [2.45, 2.75) is 39.0 Å². The third kappa shape index (κ3) is 10.7. The molecule has 0 spiro atoms. The van der Waals surface area contributed by atoms with Crippen LogP contribution in [0.15, 0.2) is 21.2 Å². The average Bonchev–Trinajstić information content (AvgIpc) is 3.57. The fourth-order valence-electron chi connectivity index (χ4n) is 5.02. The van der Waals surface area contributed by atoms with E-state index >= 15 is 0 Å². The molecule has 2 aromatic heterocycles. The van der Waals surface area contributed by atoms with Gasteiger partial charge < -0.3 is 33.2 Å². The van der Waals surface area contributed by atoms with Gasteiger partial charge >= 0.3 is 0 Å². The van der Waals surface area contributed by atoms with Gasteiger partial charge in [0, 0.05) is 110 Å². The Kier molecular flexibility index (Phi) is 12.5. The van der Waals surface area contributed by atoms with Gasteiger partial charge in [-0.2, -0.15) is 0 Å². The number of hydrogen-bond acceptors (Lipinski definition) is 10. The largest absolute Gasteiger partial charge is 0.381 e. The molecule has 0 N–H and O–H groups in total. The molecule has 0 atom stereocenters. The second-order valence-electron chi connectivity index (χ2n) is 10.7. The zero-order valence-corrected chi connectivity index (χ0v) is 23.6. The molecule has 4 heterocycles. The Hall–Kier alpha value is -1.82. The fourth-order valence-corrected chi connectivity index (χ4v) is 5.02. The Morgan fingerprint density at radius 2 is 1.29 bits per heavy atom. The van der Waals surface area contributed by atoms with Gasteiger partial charge in [0.25, 0.3) is 0 Å². The second-order valence-corrected chi connectivity index (χ2v) is 10.7. The van der Waals surface area contributed by atoms with Crippen LogP contribution in [0, 0.1) is 6.92 Å². The van der Waals surface area contributed by atoms with Crippen LogP contribution in [-0.2, 0) is 28.7 Å². The van der Waals surface area contributed by atoms with E-state index in [-0.39, 0.29) is 0 Å². The molecule has 0 aliphatic carbocycles. The van der Waals surface area contributed by atoms with E-state index in [1.807, 2.05) is 13.0 Å². The highest BCUT2D eigenvalue weighted by molar-refractivity contribution is 5.06. The molecule has 0 amide bonds. The zero-order chi connectivity index (χ0) is 26.4. The highest BCUT2D eigenvalue weighted by Gasteiger charge is 2.17. The van der Waals surface area contributed by atoms with Crippen LogP contribution >= 0.6 is 0 Å². The van der Waals surface area contributed by atoms with E-state index in [1.165, 1.54) is 0 Å². The molecule has 0 bridgehead atoms. The first-order valence-corrected chi connectivity index (χ1v) is 14.5. The number of aryl methyl sites for hydroxylation is 2. The summed E-state index contributed by atoms with van der Waals surface area (Å²) in [5, 5.41) is 8.27. The Morgan fingerprint density at radius 3 is 2.05 bits per heavy atom. The van der Waals surface area contributed by atoms with Crippen LogP contribution in [0.3, 0.4) is 0 Å². The van der Waals surface area contributed by atoms with Gasteiger partial charge in [-0.25, -0.2) is 0 Å². The highest BCUT2D eigenvalue weighted by Crippen LogP contribution is 2.10. The van der Waals surface area contributed by atoms with Crippen LogP contribution in [0.2, 0.25) is 0 Å². The molecular weight excluding hydrogens is 484 g/mol. The van der Waals surface area contributed by atoms with E-state index < -0.39 is 0 Å². The molecule has 4 rings (SSSR count). The van der Waals surface area contributed by atoms with Crippen LogP contribution in [0.4, 0.5) is 0 Å². The number of rotatable bonds is 17. The molecule has 0 unspecified atom stereocenters. The summed E-state index contributed by atoms with van der Waals surface area (Å²) in [6.45, 7) is 17.3. The lowest BCUT2D eigenvalue weighted by molar-refractivity contribution is 0.0807. The van der Waals surface area contributed by atoms with Crippen LogP contribution in [0.5, 0.6) is 0 Å². The standard InChI is InChI=1S/C28H48N6O4/c1-25-23-27(29-37-25)7-21-35-20-4-8-32-14-16-33(17-15-32)9-6-28-24-26(30-38-28)5-3-19-36-22-18-34-12-10-31(2)11-13-34/h23-24H,3-22H2,1-2H3. The summed E-state index contributed by atoms with van der Waals surface area (Å²) in [5.74, 6) is 1.85. The SMILES string of the molecule is Cc1cc(CCOCCCN2CCN(CCc3cc(CCCOCCN4CCN(C)CC4)no3)CC2)no1. The molecule has 2 aromatic rings. The van der Waals surface area contributed by atoms with E-state index in [2.05, 4.69) is 43.0 Å². The minimum absolute atomic E-state index is 0.702. The van der Waals surface area contributed by atoms with E-state index in [0.717, 1.165) is 147 Å². The lowest BCUT2D eigenvalue weighted by Gasteiger charge is -2.34. The van der Waals surface area contributed by atoms with Gasteiger partial charge in [0.1, 0.15) is 11.5 Å². The Labute approximate surface area is 228 Å². The van der Waals surface area contributed by atoms with Gasteiger partial charge in [0.05, 0.1) is 24.6 Å². The smallest absolute Gasteiger partial charge is 0.138 e. The van der Waals surface area contributed by atoms with Crippen LogP contribution in [-0.4, -0.2) is 135 Å². The molecule has 2 aliphatic rings. The molecular formula is C28H48N6O4. The van der Waals surface area contributed by atoms with Crippen molar-refractivity contribution >= 4 is 0 Å². The zero-order valence-electron chi connectivity index (χ0n) is 23.6.